The molecule has 0 N–H and O–H groups in total. The van der Waals surface area contributed by atoms with Crippen molar-refractivity contribution in [2.45, 2.75) is 31.3 Å². The Morgan fingerprint density at radius 2 is 2.40 bits per heavy atom. The van der Waals surface area contributed by atoms with Gasteiger partial charge in [-0.05, 0) is 19.3 Å². The Labute approximate surface area is 88.2 Å². The first kappa shape index (κ1) is 10.2. The van der Waals surface area contributed by atoms with E-state index in [1.807, 2.05) is 0 Å². The van der Waals surface area contributed by atoms with E-state index in [9.17, 15) is 9.59 Å². The lowest BCUT2D eigenvalue weighted by Crippen LogP contribution is -2.38. The monoisotopic (exact) mass is 210 g/mol. The van der Waals surface area contributed by atoms with Crippen molar-refractivity contribution in [3.05, 3.63) is 12.2 Å². The second-order valence-electron chi connectivity index (χ2n) is 4.20. The summed E-state index contributed by atoms with van der Waals surface area (Å²) in [4.78, 5) is 22.9. The van der Waals surface area contributed by atoms with E-state index in [0.717, 1.165) is 19.3 Å². The highest BCUT2D eigenvalue weighted by atomic mass is 16.6. The van der Waals surface area contributed by atoms with Gasteiger partial charge in [-0.1, -0.05) is 6.58 Å². The topological polar surface area (TPSA) is 52.6 Å². The summed E-state index contributed by atoms with van der Waals surface area (Å²) in [5.41, 5.74) is -0.188. The smallest absolute Gasteiger partial charge is 0.334 e. The van der Waals surface area contributed by atoms with E-state index in [2.05, 4.69) is 6.58 Å². The minimum atomic E-state index is -0.652. The maximum absolute atomic E-state index is 11.5. The number of ether oxygens (including phenoxy) is 2. The second kappa shape index (κ2) is 3.36. The van der Waals surface area contributed by atoms with Crippen LogP contribution >= 0.6 is 0 Å². The molecule has 1 heterocycles. The molecule has 1 saturated carbocycles. The summed E-state index contributed by atoms with van der Waals surface area (Å²) in [6.07, 6.45) is 2.82. The third-order valence-electron chi connectivity index (χ3n) is 3.31. The molecule has 2 aliphatic rings. The summed E-state index contributed by atoms with van der Waals surface area (Å²) in [6, 6.07) is 0. The molecule has 1 spiro atoms. The molecule has 2 fully saturated rings. The Hall–Kier alpha value is -1.32. The van der Waals surface area contributed by atoms with Gasteiger partial charge >= 0.3 is 11.9 Å². The molecule has 1 saturated heterocycles. The highest BCUT2D eigenvalue weighted by Crippen LogP contribution is 2.47. The fraction of sp³-hybridized carbons (Fsp3) is 0.636. The molecule has 0 bridgehead atoms. The Morgan fingerprint density at radius 1 is 1.67 bits per heavy atom. The number of esters is 2. The van der Waals surface area contributed by atoms with Gasteiger partial charge in [0, 0.05) is 12.0 Å². The van der Waals surface area contributed by atoms with Gasteiger partial charge in [-0.3, -0.25) is 4.79 Å². The molecule has 15 heavy (non-hydrogen) atoms. The van der Waals surface area contributed by atoms with Gasteiger partial charge in [0.1, 0.15) is 5.60 Å². The molecule has 0 radical (unpaired) electrons. The van der Waals surface area contributed by atoms with Gasteiger partial charge in [-0.15, -0.1) is 0 Å². The summed E-state index contributed by atoms with van der Waals surface area (Å²) >= 11 is 0. The lowest BCUT2D eigenvalue weighted by molar-refractivity contribution is -0.161. The predicted octanol–water partition coefficient (Wildman–Crippen LogP) is 1.20. The zero-order valence-corrected chi connectivity index (χ0v) is 8.75. The van der Waals surface area contributed by atoms with Gasteiger partial charge in [-0.25, -0.2) is 4.79 Å². The van der Waals surface area contributed by atoms with Gasteiger partial charge in [0.05, 0.1) is 13.0 Å². The molecule has 2 rings (SSSR count). The molecular weight excluding hydrogens is 196 g/mol. The Bertz CT molecular complexity index is 315. The third kappa shape index (κ3) is 1.44. The number of rotatable bonds is 1. The lowest BCUT2D eigenvalue weighted by Gasteiger charge is -2.27. The first-order chi connectivity index (χ1) is 7.09. The standard InChI is InChI=1S/C11H14O4/c1-7-6-11(15-9(7)12)5-3-4-8(11)10(13)14-2/h8H,1,3-6H2,2H3. The number of hydrogen-bond donors (Lipinski definition) is 0. The molecule has 0 aromatic carbocycles. The SMILES string of the molecule is C=C1CC2(CCCC2C(=O)OC)OC1=O. The van der Waals surface area contributed by atoms with Crippen LogP contribution in [0.5, 0.6) is 0 Å². The summed E-state index contributed by atoms with van der Waals surface area (Å²) < 4.78 is 10.0. The van der Waals surface area contributed by atoms with E-state index in [4.69, 9.17) is 9.47 Å². The fourth-order valence-electron chi connectivity index (χ4n) is 2.58. The molecule has 2 unspecified atom stereocenters. The van der Waals surface area contributed by atoms with E-state index in [0.29, 0.717) is 12.0 Å². The molecule has 4 heteroatoms. The molecule has 0 aromatic rings. The van der Waals surface area contributed by atoms with Gasteiger partial charge in [0.15, 0.2) is 0 Å². The summed E-state index contributed by atoms with van der Waals surface area (Å²) in [5.74, 6) is -0.966. The second-order valence-corrected chi connectivity index (χ2v) is 4.20. The lowest BCUT2D eigenvalue weighted by atomic mass is 9.87. The Morgan fingerprint density at radius 3 is 2.93 bits per heavy atom. The first-order valence-electron chi connectivity index (χ1n) is 5.08. The van der Waals surface area contributed by atoms with Crippen LogP contribution in [0.4, 0.5) is 0 Å². The van der Waals surface area contributed by atoms with E-state index in [1.165, 1.54) is 7.11 Å². The molecule has 4 nitrogen and oxygen atoms in total. The molecule has 1 aliphatic carbocycles. The molecule has 82 valence electrons. The zero-order chi connectivity index (χ0) is 11.1. The van der Waals surface area contributed by atoms with Gasteiger partial charge in [0.25, 0.3) is 0 Å². The van der Waals surface area contributed by atoms with Crippen LogP contribution in [-0.2, 0) is 19.1 Å². The molecule has 2 atom stereocenters. The molecule has 1 aliphatic heterocycles. The number of carbonyl (C=O) groups excluding carboxylic acids is 2. The van der Waals surface area contributed by atoms with Crippen molar-refractivity contribution in [2.75, 3.05) is 7.11 Å². The van der Waals surface area contributed by atoms with Crippen molar-refractivity contribution >= 4 is 11.9 Å². The van der Waals surface area contributed by atoms with Gasteiger partial charge < -0.3 is 9.47 Å². The molecule has 0 amide bonds. The number of hydrogen-bond acceptors (Lipinski definition) is 4. The Kier molecular flexibility index (Phi) is 2.29. The average Bonchev–Trinajstić information content (AvgIpc) is 2.71. The predicted molar refractivity (Wildman–Crippen MR) is 51.9 cm³/mol. The van der Waals surface area contributed by atoms with E-state index < -0.39 is 5.60 Å². The van der Waals surface area contributed by atoms with Crippen LogP contribution in [0, 0.1) is 5.92 Å². The van der Waals surface area contributed by atoms with Crippen molar-refractivity contribution in [1.82, 2.24) is 0 Å². The summed E-state index contributed by atoms with van der Waals surface area (Å²) in [6.45, 7) is 3.65. The van der Waals surface area contributed by atoms with Crippen LogP contribution in [0.1, 0.15) is 25.7 Å². The average molecular weight is 210 g/mol. The van der Waals surface area contributed by atoms with Crippen LogP contribution in [0.25, 0.3) is 0 Å². The van der Waals surface area contributed by atoms with Crippen molar-refractivity contribution in [2.24, 2.45) is 5.92 Å². The highest BCUT2D eigenvalue weighted by molar-refractivity contribution is 5.91. The van der Waals surface area contributed by atoms with E-state index in [-0.39, 0.29) is 17.9 Å². The minimum absolute atomic E-state index is 0.282. The van der Waals surface area contributed by atoms with Crippen molar-refractivity contribution in [3.63, 3.8) is 0 Å². The number of methoxy groups -OCH3 is 1. The van der Waals surface area contributed by atoms with E-state index in [1.54, 1.807) is 0 Å². The Balaban J connectivity index is 2.24. The fourth-order valence-corrected chi connectivity index (χ4v) is 2.58. The van der Waals surface area contributed by atoms with Gasteiger partial charge in [-0.2, -0.15) is 0 Å². The van der Waals surface area contributed by atoms with Crippen LogP contribution in [-0.4, -0.2) is 24.6 Å². The van der Waals surface area contributed by atoms with Crippen LogP contribution < -0.4 is 0 Å². The van der Waals surface area contributed by atoms with Crippen molar-refractivity contribution < 1.29 is 19.1 Å². The maximum Gasteiger partial charge on any atom is 0.334 e. The van der Waals surface area contributed by atoms with E-state index >= 15 is 0 Å². The zero-order valence-electron chi connectivity index (χ0n) is 8.75. The molecular formula is C11H14O4. The van der Waals surface area contributed by atoms with Crippen molar-refractivity contribution in [1.29, 1.82) is 0 Å². The summed E-state index contributed by atoms with van der Waals surface area (Å²) in [5, 5.41) is 0. The number of carbonyl (C=O) groups is 2. The normalized spacial score (nSPS) is 34.6. The molecule has 0 aromatic heterocycles. The quantitative estimate of drug-likeness (QED) is 0.482. The highest BCUT2D eigenvalue weighted by Gasteiger charge is 2.54. The summed E-state index contributed by atoms with van der Waals surface area (Å²) in [7, 11) is 1.36. The van der Waals surface area contributed by atoms with Crippen LogP contribution in [0.2, 0.25) is 0 Å². The third-order valence-corrected chi connectivity index (χ3v) is 3.31. The van der Waals surface area contributed by atoms with Crippen molar-refractivity contribution in [3.8, 4) is 0 Å². The maximum atomic E-state index is 11.5. The van der Waals surface area contributed by atoms with Crippen LogP contribution in [0.3, 0.4) is 0 Å². The van der Waals surface area contributed by atoms with Gasteiger partial charge in [0.2, 0.25) is 0 Å². The first-order valence-corrected chi connectivity index (χ1v) is 5.08. The minimum Gasteiger partial charge on any atom is -0.469 e. The van der Waals surface area contributed by atoms with Crippen LogP contribution in [0.15, 0.2) is 12.2 Å². The largest absolute Gasteiger partial charge is 0.469 e.